The van der Waals surface area contributed by atoms with Gasteiger partial charge in [0, 0.05) is 23.8 Å². The second-order valence-electron chi connectivity index (χ2n) is 9.16. The van der Waals surface area contributed by atoms with Gasteiger partial charge < -0.3 is 9.64 Å². The first-order valence-corrected chi connectivity index (χ1v) is 11.4. The van der Waals surface area contributed by atoms with E-state index in [1.54, 1.807) is 30.0 Å². The number of hydrogen-bond acceptors (Lipinski definition) is 5. The predicted molar refractivity (Wildman–Crippen MR) is 126 cm³/mol. The van der Waals surface area contributed by atoms with Gasteiger partial charge in [-0.25, -0.2) is 4.99 Å². The van der Waals surface area contributed by atoms with Gasteiger partial charge in [-0.3, -0.25) is 10.1 Å². The SMILES string of the molecule is CC(C)CN1C(=Nc2ccc([N+](=O)[O-])c3ccccc23)SC[C@@H]1C(C)OC(C)(C)C. The van der Waals surface area contributed by atoms with Crippen molar-refractivity contribution in [2.24, 2.45) is 10.9 Å². The van der Waals surface area contributed by atoms with Crippen LogP contribution in [0.4, 0.5) is 11.4 Å². The van der Waals surface area contributed by atoms with Gasteiger partial charge in [-0.15, -0.1) is 0 Å². The maximum Gasteiger partial charge on any atom is 0.277 e. The van der Waals surface area contributed by atoms with E-state index >= 15 is 0 Å². The molecule has 1 aliphatic rings. The van der Waals surface area contributed by atoms with Crippen molar-refractivity contribution in [3.05, 3.63) is 46.5 Å². The van der Waals surface area contributed by atoms with Crippen molar-refractivity contribution in [3.63, 3.8) is 0 Å². The van der Waals surface area contributed by atoms with Crippen LogP contribution in [0.1, 0.15) is 41.5 Å². The molecule has 1 aliphatic heterocycles. The van der Waals surface area contributed by atoms with E-state index < -0.39 is 0 Å². The summed E-state index contributed by atoms with van der Waals surface area (Å²) < 4.78 is 6.26. The smallest absolute Gasteiger partial charge is 0.277 e. The highest BCUT2D eigenvalue weighted by Gasteiger charge is 2.36. The van der Waals surface area contributed by atoms with E-state index in [1.807, 2.05) is 18.2 Å². The molecule has 0 bridgehead atoms. The van der Waals surface area contributed by atoms with E-state index in [9.17, 15) is 10.1 Å². The maximum absolute atomic E-state index is 11.4. The van der Waals surface area contributed by atoms with E-state index in [1.165, 1.54) is 0 Å². The lowest BCUT2D eigenvalue weighted by atomic mass is 10.1. The molecule has 0 N–H and O–H groups in total. The highest BCUT2D eigenvalue weighted by molar-refractivity contribution is 8.14. The third-order valence-electron chi connectivity index (χ3n) is 4.96. The molecule has 0 aromatic heterocycles. The van der Waals surface area contributed by atoms with Gasteiger partial charge in [-0.2, -0.15) is 0 Å². The molecule has 2 aromatic carbocycles. The van der Waals surface area contributed by atoms with Crippen molar-refractivity contribution in [1.82, 2.24) is 4.90 Å². The molecule has 0 spiro atoms. The highest BCUT2D eigenvalue weighted by atomic mass is 32.2. The first-order valence-electron chi connectivity index (χ1n) is 10.4. The third-order valence-corrected chi connectivity index (χ3v) is 6.06. The van der Waals surface area contributed by atoms with Gasteiger partial charge in [0.05, 0.1) is 33.7 Å². The summed E-state index contributed by atoms with van der Waals surface area (Å²) >= 11 is 1.73. The lowest BCUT2D eigenvalue weighted by molar-refractivity contribution is -0.383. The Kier molecular flexibility index (Phi) is 6.72. The molecule has 7 heteroatoms. The first kappa shape index (κ1) is 22.6. The van der Waals surface area contributed by atoms with Crippen molar-refractivity contribution in [2.75, 3.05) is 12.3 Å². The Morgan fingerprint density at radius 3 is 2.47 bits per heavy atom. The second-order valence-corrected chi connectivity index (χ2v) is 10.1. The molecule has 1 heterocycles. The average Bonchev–Trinajstić information content (AvgIpc) is 3.02. The molecule has 30 heavy (non-hydrogen) atoms. The largest absolute Gasteiger partial charge is 0.371 e. The number of hydrogen-bond donors (Lipinski definition) is 0. The highest BCUT2D eigenvalue weighted by Crippen LogP contribution is 2.36. The maximum atomic E-state index is 11.4. The number of fused-ring (bicyclic) bond motifs is 1. The van der Waals surface area contributed by atoms with Crippen molar-refractivity contribution in [3.8, 4) is 0 Å². The van der Waals surface area contributed by atoms with Gasteiger partial charge in [0.2, 0.25) is 0 Å². The minimum atomic E-state index is -0.337. The van der Waals surface area contributed by atoms with Gasteiger partial charge in [0.15, 0.2) is 5.17 Å². The Balaban J connectivity index is 2.00. The predicted octanol–water partition coefficient (Wildman–Crippen LogP) is 6.01. The fraction of sp³-hybridized carbons (Fsp3) is 0.522. The van der Waals surface area contributed by atoms with Gasteiger partial charge in [0.1, 0.15) is 0 Å². The summed E-state index contributed by atoms with van der Waals surface area (Å²) in [5.74, 6) is 1.39. The Labute approximate surface area is 182 Å². The number of benzene rings is 2. The minimum Gasteiger partial charge on any atom is -0.371 e. The summed E-state index contributed by atoms with van der Waals surface area (Å²) in [5, 5.41) is 13.8. The molecule has 2 atom stereocenters. The Bertz CT molecular complexity index is 952. The molecule has 0 amide bonds. The standard InChI is InChI=1S/C23H31N3O3S/c1-15(2)13-25-21(16(3)29-23(4,5)6)14-30-22(25)24-19-11-12-20(26(27)28)18-10-8-7-9-17(18)19/h7-12,15-16,21H,13-14H2,1-6H3/t16?,21-/m1/s1. The van der Waals surface area contributed by atoms with Crippen LogP contribution in [0.15, 0.2) is 41.4 Å². The van der Waals surface area contributed by atoms with Crippen LogP contribution in [0.3, 0.4) is 0 Å². The van der Waals surface area contributed by atoms with Crippen LogP contribution in [0.25, 0.3) is 10.8 Å². The molecular weight excluding hydrogens is 398 g/mol. The number of aliphatic imine (C=N–C) groups is 1. The minimum absolute atomic E-state index is 0.0672. The molecule has 6 nitrogen and oxygen atoms in total. The number of nitrogens with zero attached hydrogens (tertiary/aromatic N) is 3. The van der Waals surface area contributed by atoms with Crippen LogP contribution in [0.5, 0.6) is 0 Å². The molecule has 0 aliphatic carbocycles. The van der Waals surface area contributed by atoms with E-state index in [0.717, 1.165) is 28.5 Å². The third kappa shape index (κ3) is 5.13. The normalized spacial score (nSPS) is 19.8. The van der Waals surface area contributed by atoms with Crippen LogP contribution in [-0.4, -0.2) is 45.0 Å². The van der Waals surface area contributed by atoms with Crippen molar-refractivity contribution in [2.45, 2.75) is 59.3 Å². The summed E-state index contributed by atoms with van der Waals surface area (Å²) in [6.07, 6.45) is 0.0672. The van der Waals surface area contributed by atoms with Crippen LogP contribution >= 0.6 is 11.8 Å². The summed E-state index contributed by atoms with van der Waals surface area (Å²) in [7, 11) is 0. The molecule has 3 rings (SSSR count). The van der Waals surface area contributed by atoms with Crippen molar-refractivity contribution >= 4 is 39.1 Å². The second kappa shape index (κ2) is 8.94. The van der Waals surface area contributed by atoms with E-state index in [2.05, 4.69) is 46.4 Å². The zero-order valence-corrected chi connectivity index (χ0v) is 19.4. The quantitative estimate of drug-likeness (QED) is 0.415. The van der Waals surface area contributed by atoms with Gasteiger partial charge in [-0.05, 0) is 45.7 Å². The fourth-order valence-electron chi connectivity index (χ4n) is 3.83. The molecule has 1 saturated heterocycles. The molecule has 0 saturated carbocycles. The number of amidine groups is 1. The first-order chi connectivity index (χ1) is 14.1. The van der Waals surface area contributed by atoms with Crippen molar-refractivity contribution < 1.29 is 9.66 Å². The van der Waals surface area contributed by atoms with Gasteiger partial charge in [0.25, 0.3) is 5.69 Å². The van der Waals surface area contributed by atoms with Crippen LogP contribution in [0, 0.1) is 16.0 Å². The molecule has 1 fully saturated rings. The lowest BCUT2D eigenvalue weighted by Crippen LogP contribution is -2.46. The zero-order chi connectivity index (χ0) is 22.1. The Hall–Kier alpha value is -2.12. The van der Waals surface area contributed by atoms with Crippen LogP contribution < -0.4 is 0 Å². The number of thioether (sulfide) groups is 1. The molecule has 162 valence electrons. The molecular formula is C23H31N3O3S. The number of nitro groups is 1. The van der Waals surface area contributed by atoms with Crippen LogP contribution in [0.2, 0.25) is 0 Å². The monoisotopic (exact) mass is 429 g/mol. The topological polar surface area (TPSA) is 68.0 Å². The zero-order valence-electron chi connectivity index (χ0n) is 18.6. The van der Waals surface area contributed by atoms with E-state index in [0.29, 0.717) is 11.3 Å². The Morgan fingerprint density at radius 1 is 1.20 bits per heavy atom. The number of ether oxygens (including phenoxy) is 1. The Morgan fingerprint density at radius 2 is 1.87 bits per heavy atom. The number of nitro benzene ring substituents is 1. The van der Waals surface area contributed by atoms with E-state index in [4.69, 9.17) is 9.73 Å². The van der Waals surface area contributed by atoms with Crippen molar-refractivity contribution in [1.29, 1.82) is 0 Å². The van der Waals surface area contributed by atoms with Gasteiger partial charge >= 0.3 is 0 Å². The average molecular weight is 430 g/mol. The summed E-state index contributed by atoms with van der Waals surface area (Å²) in [6, 6.07) is 10.9. The summed E-state index contributed by atoms with van der Waals surface area (Å²) in [4.78, 5) is 18.4. The van der Waals surface area contributed by atoms with Crippen LogP contribution in [-0.2, 0) is 4.74 Å². The number of rotatable bonds is 6. The summed E-state index contributed by atoms with van der Waals surface area (Å²) in [5.41, 5.74) is 0.664. The van der Waals surface area contributed by atoms with E-state index in [-0.39, 0.29) is 28.4 Å². The fourth-order valence-corrected chi connectivity index (χ4v) is 5.14. The molecule has 2 aromatic rings. The molecule has 1 unspecified atom stereocenters. The van der Waals surface area contributed by atoms with Gasteiger partial charge in [-0.1, -0.05) is 43.8 Å². The summed E-state index contributed by atoms with van der Waals surface area (Å²) in [6.45, 7) is 13.7. The number of non-ortho nitro benzene ring substituents is 1. The lowest BCUT2D eigenvalue weighted by Gasteiger charge is -2.35. The molecule has 0 radical (unpaired) electrons.